The van der Waals surface area contributed by atoms with Crippen LogP contribution < -0.4 is 18.9 Å². The number of carbonyl (C=O) groups excluding carboxylic acids is 2. The topological polar surface area (TPSA) is 117 Å². The number of rotatable bonds is 10. The number of hydrogen-bond acceptors (Lipinski definition) is 8. The van der Waals surface area contributed by atoms with Crippen LogP contribution >= 0.6 is 0 Å². The smallest absolute Gasteiger partial charge is 0.310 e. The number of nitrogens with one attached hydrogen (secondary N) is 1. The number of anilines is 1. The van der Waals surface area contributed by atoms with E-state index in [9.17, 15) is 18.0 Å². The molecule has 168 valence electrons. The van der Waals surface area contributed by atoms with Gasteiger partial charge in [0.15, 0.2) is 17.6 Å². The maximum Gasteiger partial charge on any atom is 0.310 e. The van der Waals surface area contributed by atoms with Crippen molar-refractivity contribution in [1.29, 1.82) is 0 Å². The van der Waals surface area contributed by atoms with Crippen molar-refractivity contribution in [3.8, 4) is 17.2 Å². The molecule has 0 saturated heterocycles. The Balaban J connectivity index is 2.06. The molecule has 0 amide bonds. The van der Waals surface area contributed by atoms with Gasteiger partial charge in [0.1, 0.15) is 0 Å². The number of esters is 1. The third-order valence-corrected chi connectivity index (χ3v) is 4.83. The summed E-state index contributed by atoms with van der Waals surface area (Å²) in [6.07, 6.45) is -0.101. The summed E-state index contributed by atoms with van der Waals surface area (Å²) in [6.45, 7) is 1.47. The zero-order valence-electron chi connectivity index (χ0n) is 17.9. The number of ketones is 1. The average Bonchev–Trinajstić information content (AvgIpc) is 2.71. The van der Waals surface area contributed by atoms with Crippen molar-refractivity contribution in [3.05, 3.63) is 47.5 Å². The van der Waals surface area contributed by atoms with Crippen molar-refractivity contribution >= 4 is 27.5 Å². The second-order valence-electron chi connectivity index (χ2n) is 6.66. The Morgan fingerprint density at radius 3 is 1.97 bits per heavy atom. The molecule has 0 aliphatic rings. The van der Waals surface area contributed by atoms with Crippen LogP contribution in [0.5, 0.6) is 17.2 Å². The zero-order valence-corrected chi connectivity index (χ0v) is 18.7. The molecule has 0 aromatic heterocycles. The molecule has 0 heterocycles. The number of sulfonamides is 1. The predicted octanol–water partition coefficient (Wildman–Crippen LogP) is 2.44. The van der Waals surface area contributed by atoms with Gasteiger partial charge in [-0.2, -0.15) is 0 Å². The van der Waals surface area contributed by atoms with E-state index in [1.54, 1.807) is 12.1 Å². The molecule has 0 aliphatic carbocycles. The Morgan fingerprint density at radius 1 is 0.968 bits per heavy atom. The molecule has 0 radical (unpaired) electrons. The van der Waals surface area contributed by atoms with Gasteiger partial charge in [-0.3, -0.25) is 14.3 Å². The third kappa shape index (κ3) is 6.61. The highest BCUT2D eigenvalue weighted by molar-refractivity contribution is 7.92. The minimum absolute atomic E-state index is 0.106. The van der Waals surface area contributed by atoms with Gasteiger partial charge < -0.3 is 18.9 Å². The first-order valence-electron chi connectivity index (χ1n) is 9.18. The van der Waals surface area contributed by atoms with E-state index in [4.69, 9.17) is 18.9 Å². The lowest BCUT2D eigenvalue weighted by Gasteiger charge is -2.15. The molecular weight excluding hydrogens is 426 g/mol. The lowest BCUT2D eigenvalue weighted by molar-refractivity contribution is -0.145. The molecule has 1 atom stereocenters. The summed E-state index contributed by atoms with van der Waals surface area (Å²) in [5.74, 6) is 0.183. The third-order valence-electron chi connectivity index (χ3n) is 4.22. The van der Waals surface area contributed by atoms with E-state index in [2.05, 4.69) is 4.72 Å². The van der Waals surface area contributed by atoms with Gasteiger partial charge in [0.05, 0.1) is 34.0 Å². The number of ether oxygens (including phenoxy) is 4. The van der Waals surface area contributed by atoms with Crippen LogP contribution in [0.2, 0.25) is 0 Å². The number of carbonyl (C=O) groups is 2. The highest BCUT2D eigenvalue weighted by Gasteiger charge is 2.21. The van der Waals surface area contributed by atoms with Crippen LogP contribution in [0.15, 0.2) is 36.4 Å². The van der Waals surface area contributed by atoms with Crippen LogP contribution in [0.25, 0.3) is 0 Å². The van der Waals surface area contributed by atoms with E-state index in [-0.39, 0.29) is 12.0 Å². The summed E-state index contributed by atoms with van der Waals surface area (Å²) in [5.41, 5.74) is 1.17. The van der Waals surface area contributed by atoms with Crippen LogP contribution in [0.3, 0.4) is 0 Å². The van der Waals surface area contributed by atoms with Crippen LogP contribution in [0, 0.1) is 0 Å². The Labute approximate surface area is 181 Å². The fraction of sp³-hybridized carbons (Fsp3) is 0.333. The summed E-state index contributed by atoms with van der Waals surface area (Å²) < 4.78 is 45.9. The fourth-order valence-corrected chi connectivity index (χ4v) is 3.41. The molecular formula is C21H25NO8S. The van der Waals surface area contributed by atoms with Crippen LogP contribution in [-0.4, -0.2) is 53.9 Å². The average molecular weight is 451 g/mol. The predicted molar refractivity (Wildman–Crippen MR) is 115 cm³/mol. The number of benzene rings is 2. The first kappa shape index (κ1) is 24.0. The molecule has 2 aromatic rings. The van der Waals surface area contributed by atoms with Gasteiger partial charge in [0.2, 0.25) is 21.6 Å². The normalized spacial score (nSPS) is 11.9. The van der Waals surface area contributed by atoms with Crippen molar-refractivity contribution in [2.75, 3.05) is 32.3 Å². The second-order valence-corrected chi connectivity index (χ2v) is 8.41. The van der Waals surface area contributed by atoms with Gasteiger partial charge in [-0.25, -0.2) is 8.42 Å². The minimum Gasteiger partial charge on any atom is -0.493 e. The van der Waals surface area contributed by atoms with Gasteiger partial charge >= 0.3 is 5.97 Å². The summed E-state index contributed by atoms with van der Waals surface area (Å²) in [6, 6.07) is 9.08. The molecule has 10 heteroatoms. The molecule has 0 aliphatic heterocycles. The first-order valence-corrected chi connectivity index (χ1v) is 11.1. The van der Waals surface area contributed by atoms with Crippen LogP contribution in [0.1, 0.15) is 22.8 Å². The maximum atomic E-state index is 12.5. The molecule has 0 saturated carbocycles. The monoisotopic (exact) mass is 451 g/mol. The second kappa shape index (κ2) is 10.2. The highest BCUT2D eigenvalue weighted by Crippen LogP contribution is 2.38. The van der Waals surface area contributed by atoms with Crippen molar-refractivity contribution in [2.24, 2.45) is 0 Å². The molecule has 9 nitrogen and oxygen atoms in total. The van der Waals surface area contributed by atoms with Gasteiger partial charge in [0, 0.05) is 11.3 Å². The standard InChI is InChI=1S/C21H25NO8S/c1-13(20(24)15-6-8-16(9-7-15)22-31(5,25)26)30-19(23)12-14-10-17(27-2)21(29-4)18(11-14)28-3/h6-11,13,22H,12H2,1-5H3. The summed E-state index contributed by atoms with van der Waals surface area (Å²) in [4.78, 5) is 24.9. The fourth-order valence-electron chi connectivity index (χ4n) is 2.85. The number of Topliss-reactive ketones (excluding diaryl/α,β-unsaturated/α-hetero) is 1. The Kier molecular flexibility index (Phi) is 7.87. The maximum absolute atomic E-state index is 12.5. The van der Waals surface area contributed by atoms with E-state index < -0.39 is 27.9 Å². The molecule has 0 spiro atoms. The first-order chi connectivity index (χ1) is 14.6. The van der Waals surface area contributed by atoms with E-state index in [0.29, 0.717) is 28.5 Å². The van der Waals surface area contributed by atoms with Crippen molar-refractivity contribution in [1.82, 2.24) is 0 Å². The molecule has 2 rings (SSSR count). The molecule has 2 aromatic carbocycles. The molecule has 1 unspecified atom stereocenters. The summed E-state index contributed by atoms with van der Waals surface area (Å²) >= 11 is 0. The van der Waals surface area contributed by atoms with E-state index in [1.807, 2.05) is 0 Å². The number of hydrogen-bond donors (Lipinski definition) is 1. The van der Waals surface area contributed by atoms with Crippen LogP contribution in [0.4, 0.5) is 5.69 Å². The molecule has 1 N–H and O–H groups in total. The van der Waals surface area contributed by atoms with Crippen molar-refractivity contribution in [2.45, 2.75) is 19.4 Å². The van der Waals surface area contributed by atoms with Crippen molar-refractivity contribution < 1.29 is 37.0 Å². The van der Waals surface area contributed by atoms with Gasteiger partial charge in [0.25, 0.3) is 0 Å². The van der Waals surface area contributed by atoms with Crippen LogP contribution in [-0.2, 0) is 26.0 Å². The summed E-state index contributed by atoms with van der Waals surface area (Å²) in [5, 5.41) is 0. The Morgan fingerprint density at radius 2 is 1.52 bits per heavy atom. The lowest BCUT2D eigenvalue weighted by atomic mass is 10.1. The van der Waals surface area contributed by atoms with E-state index >= 15 is 0 Å². The van der Waals surface area contributed by atoms with E-state index in [0.717, 1.165) is 6.26 Å². The number of methoxy groups -OCH3 is 3. The Hall–Kier alpha value is -3.27. The minimum atomic E-state index is -3.42. The van der Waals surface area contributed by atoms with Gasteiger partial charge in [-0.1, -0.05) is 0 Å². The van der Waals surface area contributed by atoms with E-state index in [1.165, 1.54) is 52.5 Å². The lowest BCUT2D eigenvalue weighted by Crippen LogP contribution is -2.25. The molecule has 0 fully saturated rings. The highest BCUT2D eigenvalue weighted by atomic mass is 32.2. The largest absolute Gasteiger partial charge is 0.493 e. The quantitative estimate of drug-likeness (QED) is 0.432. The van der Waals surface area contributed by atoms with Gasteiger partial charge in [-0.05, 0) is 48.9 Å². The molecule has 31 heavy (non-hydrogen) atoms. The van der Waals surface area contributed by atoms with Crippen molar-refractivity contribution in [3.63, 3.8) is 0 Å². The van der Waals surface area contributed by atoms with Gasteiger partial charge in [-0.15, -0.1) is 0 Å². The molecule has 0 bridgehead atoms. The summed E-state index contributed by atoms with van der Waals surface area (Å²) in [7, 11) is 0.999. The zero-order chi connectivity index (χ0) is 23.2. The Bertz CT molecular complexity index is 1020. The SMILES string of the molecule is COc1cc(CC(=O)OC(C)C(=O)c2ccc(NS(C)(=O)=O)cc2)cc(OC)c1OC.